The highest BCUT2D eigenvalue weighted by molar-refractivity contribution is 5.94. The highest BCUT2D eigenvalue weighted by Gasteiger charge is 2.17. The number of H-pyrrole nitrogens is 2. The lowest BCUT2D eigenvalue weighted by Crippen LogP contribution is -2.09. The number of hydrogen-bond donors (Lipinski definition) is 3. The fraction of sp³-hybridized carbons (Fsp3) is 0.120. The Morgan fingerprint density at radius 3 is 2.59 bits per heavy atom. The largest absolute Gasteiger partial charge is 0.382 e. The molecule has 0 spiro atoms. The number of hydrogen-bond acceptors (Lipinski definition) is 7. The lowest BCUT2D eigenvalue weighted by atomic mass is 10.1. The Labute approximate surface area is 194 Å². The first-order valence-corrected chi connectivity index (χ1v) is 11.0. The molecule has 6 aromatic rings. The average molecular weight is 448 g/mol. The summed E-state index contributed by atoms with van der Waals surface area (Å²) < 4.78 is 0. The summed E-state index contributed by atoms with van der Waals surface area (Å²) in [7, 11) is 0. The molecule has 0 amide bonds. The van der Waals surface area contributed by atoms with Crippen LogP contribution in [0.5, 0.6) is 0 Å². The third-order valence-corrected chi connectivity index (χ3v) is 5.43. The SMILES string of the molecule is CC(C)Nc1cncc(-c2ccc3[nH]nc(-c4nc5c(-c6ccccn6)nccc5[nH]4)c3n2)c1. The molecule has 0 aromatic carbocycles. The highest BCUT2D eigenvalue weighted by atomic mass is 15.2. The number of aromatic nitrogens is 8. The van der Waals surface area contributed by atoms with Crippen LogP contribution in [0.1, 0.15) is 13.8 Å². The van der Waals surface area contributed by atoms with Gasteiger partial charge in [0.05, 0.1) is 28.1 Å². The van der Waals surface area contributed by atoms with E-state index in [0.717, 1.165) is 50.4 Å². The average Bonchev–Trinajstić information content (AvgIpc) is 3.48. The second-order valence-electron chi connectivity index (χ2n) is 8.28. The predicted octanol–water partition coefficient (Wildman–Crippen LogP) is 4.84. The second kappa shape index (κ2) is 8.04. The Morgan fingerprint density at radius 1 is 0.824 bits per heavy atom. The van der Waals surface area contributed by atoms with E-state index in [9.17, 15) is 0 Å². The normalized spacial score (nSPS) is 11.5. The minimum Gasteiger partial charge on any atom is -0.382 e. The van der Waals surface area contributed by atoms with Gasteiger partial charge in [-0.1, -0.05) is 6.07 Å². The van der Waals surface area contributed by atoms with Gasteiger partial charge >= 0.3 is 0 Å². The quantitative estimate of drug-likeness (QED) is 0.346. The van der Waals surface area contributed by atoms with E-state index >= 15 is 0 Å². The molecule has 3 N–H and O–H groups in total. The van der Waals surface area contributed by atoms with Gasteiger partial charge in [-0.05, 0) is 50.2 Å². The summed E-state index contributed by atoms with van der Waals surface area (Å²) in [5, 5.41) is 11.0. The zero-order chi connectivity index (χ0) is 23.1. The zero-order valence-corrected chi connectivity index (χ0v) is 18.6. The van der Waals surface area contributed by atoms with Crippen molar-refractivity contribution in [1.29, 1.82) is 0 Å². The number of fused-ring (bicyclic) bond motifs is 2. The Morgan fingerprint density at radius 2 is 1.74 bits per heavy atom. The van der Waals surface area contributed by atoms with Gasteiger partial charge in [0.2, 0.25) is 0 Å². The third kappa shape index (κ3) is 3.53. The van der Waals surface area contributed by atoms with Gasteiger partial charge in [-0.25, -0.2) is 9.97 Å². The molecular formula is C25H21N9. The lowest BCUT2D eigenvalue weighted by Gasteiger charge is -2.10. The molecule has 0 aliphatic rings. The van der Waals surface area contributed by atoms with E-state index in [1.807, 2.05) is 54.9 Å². The molecular weight excluding hydrogens is 426 g/mol. The van der Waals surface area contributed by atoms with Crippen LogP contribution in [-0.4, -0.2) is 46.1 Å². The maximum Gasteiger partial charge on any atom is 0.161 e. The Hall–Kier alpha value is -4.66. The molecule has 9 nitrogen and oxygen atoms in total. The van der Waals surface area contributed by atoms with Crippen LogP contribution in [0, 0.1) is 0 Å². The van der Waals surface area contributed by atoms with Gasteiger partial charge in [0.15, 0.2) is 11.5 Å². The number of pyridine rings is 4. The highest BCUT2D eigenvalue weighted by Crippen LogP contribution is 2.30. The van der Waals surface area contributed by atoms with Crippen LogP contribution in [0.3, 0.4) is 0 Å². The molecule has 0 fully saturated rings. The second-order valence-corrected chi connectivity index (χ2v) is 8.28. The standard InChI is InChI=1S/C25H21N9/c1-14(2)29-16-11-15(12-26-13-16)17-6-7-20-23(30-17)24(34-33-20)25-31-19-8-10-28-21(22(19)32-25)18-5-3-4-9-27-18/h3-14,29H,1-2H3,(H,31,32)(H,33,34). The molecule has 0 saturated heterocycles. The molecule has 166 valence electrons. The van der Waals surface area contributed by atoms with Crippen LogP contribution in [0.4, 0.5) is 5.69 Å². The Balaban J connectivity index is 1.45. The molecule has 0 aliphatic heterocycles. The van der Waals surface area contributed by atoms with Gasteiger partial charge in [-0.15, -0.1) is 0 Å². The number of imidazole rings is 1. The monoisotopic (exact) mass is 447 g/mol. The molecule has 34 heavy (non-hydrogen) atoms. The summed E-state index contributed by atoms with van der Waals surface area (Å²) in [6.45, 7) is 4.19. The van der Waals surface area contributed by atoms with E-state index in [4.69, 9.17) is 9.97 Å². The van der Waals surface area contributed by atoms with Crippen molar-refractivity contribution in [2.45, 2.75) is 19.9 Å². The van der Waals surface area contributed by atoms with Crippen molar-refractivity contribution >= 4 is 27.8 Å². The topological polar surface area (TPSA) is 121 Å². The number of anilines is 1. The summed E-state index contributed by atoms with van der Waals surface area (Å²) in [5.41, 5.74) is 7.95. The van der Waals surface area contributed by atoms with Crippen LogP contribution in [0.15, 0.2) is 67.3 Å². The maximum atomic E-state index is 4.90. The first-order chi connectivity index (χ1) is 16.7. The van der Waals surface area contributed by atoms with E-state index in [1.165, 1.54) is 0 Å². The first-order valence-electron chi connectivity index (χ1n) is 11.0. The van der Waals surface area contributed by atoms with Crippen molar-refractivity contribution in [1.82, 2.24) is 40.1 Å². The van der Waals surface area contributed by atoms with Crippen LogP contribution in [0.2, 0.25) is 0 Å². The van der Waals surface area contributed by atoms with Gasteiger partial charge in [-0.2, -0.15) is 5.10 Å². The van der Waals surface area contributed by atoms with Crippen LogP contribution < -0.4 is 5.32 Å². The molecule has 6 aromatic heterocycles. The van der Waals surface area contributed by atoms with Crippen LogP contribution >= 0.6 is 0 Å². The van der Waals surface area contributed by atoms with Gasteiger partial charge in [-0.3, -0.25) is 20.1 Å². The van der Waals surface area contributed by atoms with Crippen LogP contribution in [0.25, 0.3) is 56.2 Å². The smallest absolute Gasteiger partial charge is 0.161 e. The lowest BCUT2D eigenvalue weighted by molar-refractivity contribution is 0.898. The number of aromatic amines is 2. The summed E-state index contributed by atoms with van der Waals surface area (Å²) >= 11 is 0. The van der Waals surface area contributed by atoms with E-state index in [1.54, 1.807) is 12.4 Å². The molecule has 6 heterocycles. The van der Waals surface area contributed by atoms with Crippen molar-refractivity contribution < 1.29 is 0 Å². The van der Waals surface area contributed by atoms with E-state index in [0.29, 0.717) is 17.6 Å². The van der Waals surface area contributed by atoms with Crippen molar-refractivity contribution in [3.05, 3.63) is 67.3 Å². The van der Waals surface area contributed by atoms with Crippen molar-refractivity contribution in [3.63, 3.8) is 0 Å². The summed E-state index contributed by atoms with van der Waals surface area (Å²) in [5.74, 6) is 0.615. The molecule has 0 unspecified atom stereocenters. The Bertz CT molecular complexity index is 1620. The molecule has 0 radical (unpaired) electrons. The van der Waals surface area contributed by atoms with E-state index < -0.39 is 0 Å². The predicted molar refractivity (Wildman–Crippen MR) is 132 cm³/mol. The zero-order valence-electron chi connectivity index (χ0n) is 18.6. The van der Waals surface area contributed by atoms with Gasteiger partial charge in [0.1, 0.15) is 16.7 Å². The molecule has 0 saturated carbocycles. The summed E-state index contributed by atoms with van der Waals surface area (Å²) in [6, 6.07) is 13.9. The summed E-state index contributed by atoms with van der Waals surface area (Å²) in [4.78, 5) is 26.4. The Kier molecular flexibility index (Phi) is 4.72. The number of nitrogens with one attached hydrogen (secondary N) is 3. The number of nitrogens with zero attached hydrogens (tertiary/aromatic N) is 6. The minimum atomic E-state index is 0.312. The number of rotatable bonds is 5. The van der Waals surface area contributed by atoms with Gasteiger partial charge < -0.3 is 10.3 Å². The minimum absolute atomic E-state index is 0.312. The molecule has 0 bridgehead atoms. The van der Waals surface area contributed by atoms with Crippen molar-refractivity contribution in [2.24, 2.45) is 0 Å². The fourth-order valence-electron chi connectivity index (χ4n) is 3.95. The molecule has 0 atom stereocenters. The van der Waals surface area contributed by atoms with Crippen molar-refractivity contribution in [3.8, 4) is 34.2 Å². The molecule has 0 aliphatic carbocycles. The van der Waals surface area contributed by atoms with Crippen molar-refractivity contribution in [2.75, 3.05) is 5.32 Å². The summed E-state index contributed by atoms with van der Waals surface area (Å²) in [6.07, 6.45) is 7.12. The van der Waals surface area contributed by atoms with Crippen LogP contribution in [-0.2, 0) is 0 Å². The van der Waals surface area contributed by atoms with Gasteiger partial charge in [0.25, 0.3) is 0 Å². The first kappa shape index (κ1) is 20.0. The fourth-order valence-corrected chi connectivity index (χ4v) is 3.95. The van der Waals surface area contributed by atoms with Gasteiger partial charge in [0, 0.05) is 36.4 Å². The third-order valence-electron chi connectivity index (χ3n) is 5.43. The van der Waals surface area contributed by atoms with E-state index in [2.05, 4.69) is 49.3 Å². The maximum absolute atomic E-state index is 4.90. The molecule has 9 heteroatoms. The molecule has 6 rings (SSSR count). The van der Waals surface area contributed by atoms with E-state index in [-0.39, 0.29) is 0 Å².